The molecule has 23 rings (SSSR count). The second-order valence-corrected chi connectivity index (χ2v) is 44.4. The summed E-state index contributed by atoms with van der Waals surface area (Å²) in [6, 6.07) is 44.4. The first-order valence-corrected chi connectivity index (χ1v) is 54.6. The molecule has 1 N–H and O–H groups in total. The molecule has 12 heterocycles. The van der Waals surface area contributed by atoms with Gasteiger partial charge in [0.05, 0.1) is 70.0 Å². The van der Waals surface area contributed by atoms with Crippen LogP contribution in [0, 0.1) is 5.92 Å². The molecular weight excluding hydrogens is 1750 g/mol. The number of carbonyl (C=O) groups excluding carboxylic acids is 3. The topological polar surface area (TPSA) is 255 Å². The average Bonchev–Trinajstić information content (AvgIpc) is 1.55. The maximum Gasteiger partial charge on any atom is 0.362 e. The lowest BCUT2D eigenvalue weighted by molar-refractivity contribution is -0.159. The standard InChI is InChI=1S/C34H50N4O3.C34H43N3O3.C25H31N3O3.C23H27N3O2/c1-4-41-33(40)34(36(2)3)20-18-24(19-21-34)31-32(39)38(30-15-11-10-14-29(30)35-31)28-22-26-16-17-27(23-28)37(26)25-12-8-6-5-7-9-13-25;1-23(40-2)29-20-24(15-19-33(29)38)14-18-31-34(39)37(32-13-9-8-12-30(32)35-31)28-21-26-16-17-27(22-28)36(26)25-10-6-4-3-5-7-11-25;1-2-31-24(30)22-23(29)27(21-6-4-3-5-20(21)26-22)19-13-17-7-8-18(14-19)28(17)25-11-9-16(15-25)10-12-25;1-15(27)22-23(28)26(21-10-6-5-9-20(21)24-22)19-13-17-11-12-18(14-19)25(17)16-7-3-2-4-8-16/h10-11,14-15,24-28H,4-9,12-13,16-23H2,1-3H3;8-9,12-13,15,19-20,25-28,38H,1,3-7,10-11,14,16-18,21-22H2,2H3;3-6,16-19H,2,7-15H2,1H3;3,5-7,9-10,16-19H,2,4,8,11-14H2,1H3/t24?,26-,27+,28?,34?;26-,27+,28?;16?,17-,18+,19?,25?;16?,17-,18+,19?. The summed E-state index contributed by atoms with van der Waals surface area (Å²) in [6.45, 7) is 9.55. The summed E-state index contributed by atoms with van der Waals surface area (Å²) in [7, 11) is 5.48. The molecule has 10 bridgehead atoms. The molecule has 746 valence electrons. The van der Waals surface area contributed by atoms with Gasteiger partial charge in [0, 0.05) is 109 Å². The number of nitrogens with zero attached hydrogens (tertiary/aromatic N) is 13. The minimum Gasteiger partial charge on any atom is -0.507 e. The van der Waals surface area contributed by atoms with Crippen molar-refractivity contribution in [1.29, 1.82) is 0 Å². The van der Waals surface area contributed by atoms with Crippen LogP contribution in [0.4, 0.5) is 0 Å². The fourth-order valence-electron chi connectivity index (χ4n) is 30.0. The van der Waals surface area contributed by atoms with Crippen LogP contribution in [0.1, 0.15) is 364 Å². The Bertz CT molecular complexity index is 6230. The number of aromatic nitrogens is 8. The summed E-state index contributed by atoms with van der Waals surface area (Å²) in [5, 5.41) is 10.2. The zero-order chi connectivity index (χ0) is 96.6. The van der Waals surface area contributed by atoms with Gasteiger partial charge in [0.2, 0.25) is 5.69 Å². The number of hydrogen-bond acceptors (Lipinski definition) is 20. The van der Waals surface area contributed by atoms with E-state index in [0.717, 1.165) is 126 Å². The van der Waals surface area contributed by atoms with Gasteiger partial charge in [-0.05, 0) is 318 Å². The summed E-state index contributed by atoms with van der Waals surface area (Å²) in [5.74, 6) is 0.557. The monoisotopic (exact) mass is 1900 g/mol. The number of phenols is 1. The molecule has 9 aromatic rings. The summed E-state index contributed by atoms with van der Waals surface area (Å²) >= 11 is 0. The van der Waals surface area contributed by atoms with Gasteiger partial charge in [0.15, 0.2) is 11.5 Å². The molecule has 13 fully saturated rings. The minimum absolute atomic E-state index is 0.0582. The molecule has 0 radical (unpaired) electrons. The molecule has 0 spiro atoms. The number of para-hydroxylation sites is 8. The first kappa shape index (κ1) is 97.6. The first-order chi connectivity index (χ1) is 68.2. The number of piperidine rings is 4. The van der Waals surface area contributed by atoms with Gasteiger partial charge in [-0.2, -0.15) is 0 Å². The number of fused-ring (bicyclic) bond motifs is 15. The highest BCUT2D eigenvalue weighted by atomic mass is 16.5. The summed E-state index contributed by atoms with van der Waals surface area (Å²) in [4.78, 5) is 125. The SMILES string of the molecule is C=C(OC)c1cc(CCc2nc3ccccc3n(C3C[C@H]4CC[C@@H](C3)N4C3CCCCCCC3)c2=O)ccc1O.CC(=O)c1nc2ccccc2n(C2C[C@H]3CC[C@@H](C2)N3C2C=CCCC2)c1=O.CCOC(=O)C1(N(C)C)CCC(c2nc3ccccc3n(C3C[C@H]4CC[C@@H](C3)N4C3CCCCCCC3)c2=O)CC1.CCOC(=O)c1nc2ccccc2n(C2C[C@H]3CC[C@@H](C2)N3C23CCC(CC2)C3)c1=O. The number of esters is 2. The van der Waals surface area contributed by atoms with Crippen LogP contribution in [0.5, 0.6) is 5.75 Å². The fraction of sp³-hybridized carbons (Fsp3) is 0.612. The molecule has 24 nitrogen and oxygen atoms in total. The highest BCUT2D eigenvalue weighted by molar-refractivity contribution is 5.94. The van der Waals surface area contributed by atoms with Gasteiger partial charge in [0.25, 0.3) is 22.2 Å². The number of allylic oxidation sites excluding steroid dienone is 1. The molecule has 5 unspecified atom stereocenters. The molecule has 8 saturated heterocycles. The van der Waals surface area contributed by atoms with Gasteiger partial charge in [0.1, 0.15) is 28.4 Å². The normalized spacial score (nSPS) is 29.8. The number of aryl methyl sites for hydroxylation is 2. The third-order valence-corrected chi connectivity index (χ3v) is 36.4. The van der Waals surface area contributed by atoms with Crippen LogP contribution in [0.25, 0.3) is 49.9 Å². The lowest BCUT2D eigenvalue weighted by Gasteiger charge is -2.49. The number of benzene rings is 5. The van der Waals surface area contributed by atoms with Crippen molar-refractivity contribution in [2.24, 2.45) is 5.92 Å². The van der Waals surface area contributed by atoms with Crippen molar-refractivity contribution in [2.45, 2.75) is 411 Å². The van der Waals surface area contributed by atoms with Crippen molar-refractivity contribution in [3.8, 4) is 5.75 Å². The molecule has 13 atom stereocenters. The number of hydrogen-bond donors (Lipinski definition) is 1. The van der Waals surface area contributed by atoms with Crippen molar-refractivity contribution in [1.82, 2.24) is 62.7 Å². The van der Waals surface area contributed by atoms with E-state index < -0.39 is 11.5 Å². The smallest absolute Gasteiger partial charge is 0.362 e. The second-order valence-electron chi connectivity index (χ2n) is 44.4. The molecule has 140 heavy (non-hydrogen) atoms. The van der Waals surface area contributed by atoms with Crippen LogP contribution in [0.15, 0.2) is 153 Å². The molecule has 5 aromatic carbocycles. The zero-order valence-electron chi connectivity index (χ0n) is 84.0. The van der Waals surface area contributed by atoms with E-state index in [1.54, 1.807) is 20.1 Å². The molecule has 4 aromatic heterocycles. The Morgan fingerprint density at radius 2 is 0.871 bits per heavy atom. The fourth-order valence-corrected chi connectivity index (χ4v) is 30.0. The van der Waals surface area contributed by atoms with E-state index in [0.29, 0.717) is 120 Å². The van der Waals surface area contributed by atoms with Crippen LogP contribution in [-0.2, 0) is 31.8 Å². The average molecular weight is 1900 g/mol. The lowest BCUT2D eigenvalue weighted by atomic mass is 9.74. The Balaban J connectivity index is 0.000000116. The number of phenolic OH excluding ortho intramolecular Hbond substituents is 1. The molecule has 6 aliphatic carbocycles. The Hall–Kier alpha value is -9.85. The third-order valence-electron chi connectivity index (χ3n) is 36.4. The molecule has 24 heteroatoms. The molecule has 14 aliphatic rings. The van der Waals surface area contributed by atoms with Crippen LogP contribution >= 0.6 is 0 Å². The number of Topliss-reactive ketones (excluding diaryl/α,β-unsaturated/α-hetero) is 1. The van der Waals surface area contributed by atoms with Gasteiger partial charge >= 0.3 is 11.9 Å². The number of carbonyl (C=O) groups is 3. The van der Waals surface area contributed by atoms with Crippen molar-refractivity contribution < 1.29 is 33.7 Å². The van der Waals surface area contributed by atoms with Gasteiger partial charge in [-0.3, -0.25) is 53.3 Å². The summed E-state index contributed by atoms with van der Waals surface area (Å²) in [6.07, 6.45) is 56.8. The second kappa shape index (κ2) is 42.6. The van der Waals surface area contributed by atoms with E-state index in [1.165, 1.54) is 200 Å². The Morgan fingerprint density at radius 1 is 0.443 bits per heavy atom. The van der Waals surface area contributed by atoms with Gasteiger partial charge in [-0.25, -0.2) is 24.7 Å². The quantitative estimate of drug-likeness (QED) is 0.0322. The summed E-state index contributed by atoms with van der Waals surface area (Å²) < 4.78 is 23.9. The Labute approximate surface area is 825 Å². The van der Waals surface area contributed by atoms with Crippen molar-refractivity contribution in [3.05, 3.63) is 209 Å². The number of methoxy groups -OCH3 is 1. The van der Waals surface area contributed by atoms with Gasteiger partial charge in [-0.15, -0.1) is 0 Å². The molecule has 0 amide bonds. The Kier molecular flexibility index (Phi) is 29.7. The van der Waals surface area contributed by atoms with E-state index in [2.05, 4.69) is 75.6 Å². The maximum atomic E-state index is 14.4. The molecule has 8 aliphatic heterocycles. The largest absolute Gasteiger partial charge is 0.507 e. The zero-order valence-corrected chi connectivity index (χ0v) is 84.0. The number of ketones is 1. The van der Waals surface area contributed by atoms with Crippen LogP contribution in [-0.4, -0.2) is 197 Å². The first-order valence-electron chi connectivity index (χ1n) is 54.6. The van der Waals surface area contributed by atoms with Crippen LogP contribution < -0.4 is 22.2 Å². The van der Waals surface area contributed by atoms with Gasteiger partial charge in [-0.1, -0.05) is 138 Å². The number of aromatic hydroxyl groups is 1. The van der Waals surface area contributed by atoms with Crippen molar-refractivity contribution in [3.63, 3.8) is 0 Å². The molecule has 5 saturated carbocycles. The lowest BCUT2D eigenvalue weighted by Crippen LogP contribution is -2.56. The van der Waals surface area contributed by atoms with Crippen LogP contribution in [0.2, 0.25) is 0 Å². The van der Waals surface area contributed by atoms with E-state index in [-0.39, 0.29) is 87.8 Å². The third kappa shape index (κ3) is 19.4. The highest BCUT2D eigenvalue weighted by Gasteiger charge is 2.57. The predicted octanol–water partition coefficient (Wildman–Crippen LogP) is 20.9. The van der Waals surface area contributed by atoms with E-state index in [1.807, 2.05) is 126 Å². The Morgan fingerprint density at radius 3 is 1.32 bits per heavy atom. The number of rotatable bonds is 20. The van der Waals surface area contributed by atoms with E-state index in [9.17, 15) is 38.7 Å². The highest BCUT2D eigenvalue weighted by Crippen LogP contribution is 2.58. The molecular formula is C116H151N13O11. The van der Waals surface area contributed by atoms with Crippen LogP contribution in [0.3, 0.4) is 0 Å². The van der Waals surface area contributed by atoms with Gasteiger partial charge < -0.3 is 37.6 Å². The van der Waals surface area contributed by atoms with E-state index >= 15 is 0 Å². The van der Waals surface area contributed by atoms with E-state index in [4.69, 9.17) is 24.2 Å². The van der Waals surface area contributed by atoms with Crippen molar-refractivity contribution >= 4 is 67.6 Å². The predicted molar refractivity (Wildman–Crippen MR) is 552 cm³/mol. The number of likely N-dealkylation sites (N-methyl/N-ethyl adjacent to an activating group) is 1. The summed E-state index contributed by atoms with van der Waals surface area (Å²) in [5.41, 5.74) is 9.23. The maximum absolute atomic E-state index is 14.4. The van der Waals surface area contributed by atoms with Crippen molar-refractivity contribution in [2.75, 3.05) is 34.4 Å². The number of ether oxygens (including phenoxy) is 3. The minimum atomic E-state index is -0.620.